The fraction of sp³-hybridized carbons (Fsp3) is 0.417. The second-order valence-electron chi connectivity index (χ2n) is 4.26. The minimum absolute atomic E-state index is 0.00485. The van der Waals surface area contributed by atoms with Crippen molar-refractivity contribution >= 4 is 17.6 Å². The second kappa shape index (κ2) is 4.95. The summed E-state index contributed by atoms with van der Waals surface area (Å²) >= 11 is 0. The molecule has 0 atom stereocenters. The highest BCUT2D eigenvalue weighted by molar-refractivity contribution is 5.94. The van der Waals surface area contributed by atoms with Crippen molar-refractivity contribution in [2.45, 2.75) is 19.8 Å². The van der Waals surface area contributed by atoms with Crippen molar-refractivity contribution in [1.29, 1.82) is 0 Å². The largest absolute Gasteiger partial charge is 0.347 e. The number of rotatable bonds is 4. The van der Waals surface area contributed by atoms with Gasteiger partial charge in [0.05, 0.1) is 6.54 Å². The summed E-state index contributed by atoms with van der Waals surface area (Å²) in [6, 6.07) is 3.60. The molecule has 0 bridgehead atoms. The van der Waals surface area contributed by atoms with E-state index in [1.807, 2.05) is 13.0 Å². The molecule has 17 heavy (non-hydrogen) atoms. The number of hydrogen-bond acceptors (Lipinski definition) is 3. The normalized spacial score (nSPS) is 14.2. The van der Waals surface area contributed by atoms with E-state index in [1.165, 1.54) is 0 Å². The van der Waals surface area contributed by atoms with Crippen LogP contribution in [0.4, 0.5) is 5.82 Å². The molecule has 1 fully saturated rings. The Morgan fingerprint density at radius 1 is 1.41 bits per heavy atom. The first-order valence-corrected chi connectivity index (χ1v) is 5.65. The number of carbonyl (C=O) groups excluding carboxylic acids is 2. The third-order valence-electron chi connectivity index (χ3n) is 2.55. The Balaban J connectivity index is 1.76. The number of amides is 2. The summed E-state index contributed by atoms with van der Waals surface area (Å²) in [6.07, 6.45) is 3.55. The van der Waals surface area contributed by atoms with Crippen LogP contribution in [0.15, 0.2) is 18.3 Å². The van der Waals surface area contributed by atoms with Gasteiger partial charge in [-0.15, -0.1) is 0 Å². The van der Waals surface area contributed by atoms with Crippen molar-refractivity contribution in [1.82, 2.24) is 10.3 Å². The molecule has 90 valence electrons. The van der Waals surface area contributed by atoms with Crippen LogP contribution >= 0.6 is 0 Å². The molecule has 5 heteroatoms. The number of nitrogens with zero attached hydrogens (tertiary/aromatic N) is 1. The van der Waals surface area contributed by atoms with Crippen LogP contribution in [0.3, 0.4) is 0 Å². The van der Waals surface area contributed by atoms with E-state index in [4.69, 9.17) is 0 Å². The lowest BCUT2D eigenvalue weighted by atomic mass is 10.3. The minimum atomic E-state index is -0.254. The average Bonchev–Trinajstić information content (AvgIpc) is 3.13. The first kappa shape index (κ1) is 11.6. The Labute approximate surface area is 99.6 Å². The standard InChI is InChI=1S/C12H15N3O2/c1-8-2-5-10(13-6-8)15-11(16)7-14-12(17)9-3-4-9/h2,5-6,9H,3-4,7H2,1H3,(H,14,17)(H,13,15,16). The first-order valence-electron chi connectivity index (χ1n) is 5.65. The fourth-order valence-corrected chi connectivity index (χ4v) is 1.39. The van der Waals surface area contributed by atoms with Crippen LogP contribution in [0.25, 0.3) is 0 Å². The van der Waals surface area contributed by atoms with E-state index in [1.54, 1.807) is 12.3 Å². The number of aromatic nitrogens is 1. The van der Waals surface area contributed by atoms with E-state index in [9.17, 15) is 9.59 Å². The van der Waals surface area contributed by atoms with E-state index < -0.39 is 0 Å². The van der Waals surface area contributed by atoms with Crippen LogP contribution in [-0.2, 0) is 9.59 Å². The molecule has 0 aromatic carbocycles. The lowest BCUT2D eigenvalue weighted by Crippen LogP contribution is -2.33. The fourth-order valence-electron chi connectivity index (χ4n) is 1.39. The molecule has 0 aliphatic heterocycles. The molecular weight excluding hydrogens is 218 g/mol. The smallest absolute Gasteiger partial charge is 0.244 e. The molecule has 2 N–H and O–H groups in total. The van der Waals surface area contributed by atoms with Crippen LogP contribution in [0.1, 0.15) is 18.4 Å². The second-order valence-corrected chi connectivity index (χ2v) is 4.26. The van der Waals surface area contributed by atoms with E-state index in [0.29, 0.717) is 5.82 Å². The Bertz CT molecular complexity index is 424. The third-order valence-corrected chi connectivity index (χ3v) is 2.55. The number of anilines is 1. The van der Waals surface area contributed by atoms with Crippen LogP contribution in [-0.4, -0.2) is 23.3 Å². The van der Waals surface area contributed by atoms with Gasteiger partial charge in [-0.1, -0.05) is 6.07 Å². The SMILES string of the molecule is Cc1ccc(NC(=O)CNC(=O)C2CC2)nc1. The highest BCUT2D eigenvalue weighted by Crippen LogP contribution is 2.28. The topological polar surface area (TPSA) is 71.1 Å². The van der Waals surface area contributed by atoms with Gasteiger partial charge in [0, 0.05) is 12.1 Å². The highest BCUT2D eigenvalue weighted by Gasteiger charge is 2.29. The lowest BCUT2D eigenvalue weighted by molar-refractivity contribution is -0.125. The molecule has 2 amide bonds. The maximum absolute atomic E-state index is 11.5. The van der Waals surface area contributed by atoms with E-state index >= 15 is 0 Å². The summed E-state index contributed by atoms with van der Waals surface area (Å²) < 4.78 is 0. The molecule has 1 aromatic heterocycles. The molecule has 1 heterocycles. The van der Waals surface area contributed by atoms with Crippen molar-refractivity contribution in [3.05, 3.63) is 23.9 Å². The summed E-state index contributed by atoms with van der Waals surface area (Å²) in [4.78, 5) is 26.8. The molecule has 1 saturated carbocycles. The monoisotopic (exact) mass is 233 g/mol. The molecule has 0 unspecified atom stereocenters. The molecule has 0 saturated heterocycles. The van der Waals surface area contributed by atoms with Crippen molar-refractivity contribution in [3.8, 4) is 0 Å². The van der Waals surface area contributed by atoms with Gasteiger partial charge in [-0.2, -0.15) is 0 Å². The van der Waals surface area contributed by atoms with Gasteiger partial charge < -0.3 is 10.6 Å². The lowest BCUT2D eigenvalue weighted by Gasteiger charge is -2.05. The Morgan fingerprint density at radius 3 is 2.76 bits per heavy atom. The summed E-state index contributed by atoms with van der Waals surface area (Å²) in [6.45, 7) is 1.93. The molecule has 1 aliphatic rings. The third kappa shape index (κ3) is 3.55. The van der Waals surface area contributed by atoms with Crippen molar-refractivity contribution in [2.75, 3.05) is 11.9 Å². The minimum Gasteiger partial charge on any atom is -0.347 e. The molecule has 2 rings (SSSR count). The molecule has 0 radical (unpaired) electrons. The zero-order chi connectivity index (χ0) is 12.3. The summed E-state index contributed by atoms with van der Waals surface area (Å²) in [5.41, 5.74) is 1.03. The predicted molar refractivity (Wildman–Crippen MR) is 63.3 cm³/mol. The van der Waals surface area contributed by atoms with Gasteiger partial charge in [0.1, 0.15) is 5.82 Å². The zero-order valence-corrected chi connectivity index (χ0v) is 9.69. The van der Waals surface area contributed by atoms with E-state index in [0.717, 1.165) is 18.4 Å². The van der Waals surface area contributed by atoms with Crippen LogP contribution < -0.4 is 10.6 Å². The van der Waals surface area contributed by atoms with Crippen LogP contribution in [0, 0.1) is 12.8 Å². The maximum Gasteiger partial charge on any atom is 0.244 e. The van der Waals surface area contributed by atoms with Gasteiger partial charge >= 0.3 is 0 Å². The zero-order valence-electron chi connectivity index (χ0n) is 9.69. The van der Waals surface area contributed by atoms with Gasteiger partial charge in [-0.3, -0.25) is 9.59 Å². The van der Waals surface area contributed by atoms with Crippen molar-refractivity contribution in [3.63, 3.8) is 0 Å². The highest BCUT2D eigenvalue weighted by atomic mass is 16.2. The number of carbonyl (C=O) groups is 2. The van der Waals surface area contributed by atoms with Crippen molar-refractivity contribution < 1.29 is 9.59 Å². The first-order chi connectivity index (χ1) is 8.15. The molecule has 0 spiro atoms. The Morgan fingerprint density at radius 2 is 2.18 bits per heavy atom. The Hall–Kier alpha value is -1.91. The molecule has 5 nitrogen and oxygen atoms in total. The number of aryl methyl sites for hydroxylation is 1. The van der Waals surface area contributed by atoms with E-state index in [-0.39, 0.29) is 24.3 Å². The van der Waals surface area contributed by atoms with Gasteiger partial charge in [-0.25, -0.2) is 4.98 Å². The predicted octanol–water partition coefficient (Wildman–Crippen LogP) is 0.855. The van der Waals surface area contributed by atoms with E-state index in [2.05, 4.69) is 15.6 Å². The quantitative estimate of drug-likeness (QED) is 0.810. The number of pyridine rings is 1. The molecule has 1 aliphatic carbocycles. The Kier molecular flexibility index (Phi) is 3.37. The summed E-state index contributed by atoms with van der Waals surface area (Å²) in [5.74, 6) is 0.342. The maximum atomic E-state index is 11.5. The van der Waals surface area contributed by atoms with Crippen LogP contribution in [0.2, 0.25) is 0 Å². The van der Waals surface area contributed by atoms with Crippen LogP contribution in [0.5, 0.6) is 0 Å². The number of nitrogens with one attached hydrogen (secondary N) is 2. The molecule has 1 aromatic rings. The van der Waals surface area contributed by atoms with Gasteiger partial charge in [0.25, 0.3) is 0 Å². The summed E-state index contributed by atoms with van der Waals surface area (Å²) in [7, 11) is 0. The molecular formula is C12H15N3O2. The van der Waals surface area contributed by atoms with Gasteiger partial charge in [-0.05, 0) is 31.4 Å². The number of hydrogen-bond donors (Lipinski definition) is 2. The average molecular weight is 233 g/mol. The summed E-state index contributed by atoms with van der Waals surface area (Å²) in [5, 5.41) is 5.22. The van der Waals surface area contributed by atoms with Gasteiger partial charge in [0.2, 0.25) is 11.8 Å². The van der Waals surface area contributed by atoms with Crippen molar-refractivity contribution in [2.24, 2.45) is 5.92 Å². The van der Waals surface area contributed by atoms with Gasteiger partial charge in [0.15, 0.2) is 0 Å².